The molecule has 7 nitrogen and oxygen atoms in total. The minimum Gasteiger partial charge on any atom is -0.378 e. The number of rotatable bonds is 5. The van der Waals surface area contributed by atoms with Crippen molar-refractivity contribution < 1.29 is 4.92 Å². The van der Waals surface area contributed by atoms with E-state index in [1.165, 1.54) is 25.7 Å². The fraction of sp³-hybridized carbons (Fsp3) is 0.692. The molecule has 2 saturated carbocycles. The van der Waals surface area contributed by atoms with Crippen molar-refractivity contribution in [3.63, 3.8) is 0 Å². The number of nitrogens with two attached hydrogens (primary N) is 1. The molecule has 1 heterocycles. The van der Waals surface area contributed by atoms with Crippen LogP contribution in [0.1, 0.15) is 32.1 Å². The van der Waals surface area contributed by atoms with Gasteiger partial charge >= 0.3 is 5.69 Å². The molecule has 3 atom stereocenters. The highest BCUT2D eigenvalue weighted by molar-refractivity contribution is 5.53. The monoisotopic (exact) mass is 277 g/mol. The van der Waals surface area contributed by atoms with Crippen molar-refractivity contribution in [3.8, 4) is 0 Å². The average Bonchev–Trinajstić information content (AvgIpc) is 3.00. The first-order valence-corrected chi connectivity index (χ1v) is 7.14. The Morgan fingerprint density at radius 3 is 2.90 bits per heavy atom. The van der Waals surface area contributed by atoms with Crippen LogP contribution in [0.3, 0.4) is 0 Å². The standard InChI is InChI=1S/C13H19N5O2/c14-12-11(18(19)20)7-16-13(17-12)15-4-3-10-6-8-1-2-9(10)5-8/h7-10H,1-6H2,(H3,14,15,16,17)/t8-,9-,10-/m0/s1. The van der Waals surface area contributed by atoms with Crippen molar-refractivity contribution >= 4 is 17.5 Å². The fourth-order valence-electron chi connectivity index (χ4n) is 3.71. The molecule has 0 saturated heterocycles. The molecule has 1 aromatic rings. The SMILES string of the molecule is Nc1nc(NCC[C@H]2C[C@H]3CC[C@H]2C3)ncc1[N+](=O)[O-]. The zero-order valence-electron chi connectivity index (χ0n) is 11.3. The van der Waals surface area contributed by atoms with Crippen molar-refractivity contribution in [2.45, 2.75) is 32.1 Å². The predicted molar refractivity (Wildman–Crippen MR) is 75.1 cm³/mol. The van der Waals surface area contributed by atoms with Gasteiger partial charge in [0.15, 0.2) is 0 Å². The van der Waals surface area contributed by atoms with E-state index >= 15 is 0 Å². The Labute approximate surface area is 117 Å². The summed E-state index contributed by atoms with van der Waals surface area (Å²) < 4.78 is 0. The van der Waals surface area contributed by atoms with Crippen molar-refractivity contribution in [1.82, 2.24) is 9.97 Å². The molecule has 3 rings (SSSR count). The number of nitrogen functional groups attached to an aromatic ring is 1. The third kappa shape index (κ3) is 2.52. The van der Waals surface area contributed by atoms with Gasteiger partial charge in [0.2, 0.25) is 11.8 Å². The van der Waals surface area contributed by atoms with Gasteiger partial charge in [0.05, 0.1) is 4.92 Å². The first-order chi connectivity index (χ1) is 9.63. The fourth-order valence-corrected chi connectivity index (χ4v) is 3.71. The molecule has 1 aromatic heterocycles. The Morgan fingerprint density at radius 2 is 2.30 bits per heavy atom. The number of aromatic nitrogens is 2. The van der Waals surface area contributed by atoms with E-state index in [1.807, 2.05) is 0 Å². The summed E-state index contributed by atoms with van der Waals surface area (Å²) in [5, 5.41) is 13.7. The Hall–Kier alpha value is -1.92. The normalized spacial score (nSPS) is 27.7. The van der Waals surface area contributed by atoms with Gasteiger partial charge in [-0.15, -0.1) is 0 Å². The summed E-state index contributed by atoms with van der Waals surface area (Å²) in [7, 11) is 0. The summed E-state index contributed by atoms with van der Waals surface area (Å²) in [5.41, 5.74) is 5.29. The van der Waals surface area contributed by atoms with Crippen LogP contribution in [-0.4, -0.2) is 21.4 Å². The lowest BCUT2D eigenvalue weighted by Crippen LogP contribution is -2.16. The van der Waals surface area contributed by atoms with Gasteiger partial charge in [0, 0.05) is 6.54 Å². The zero-order chi connectivity index (χ0) is 14.1. The minimum absolute atomic E-state index is 0.0903. The highest BCUT2D eigenvalue weighted by Gasteiger charge is 2.38. The minimum atomic E-state index is -0.575. The maximum Gasteiger partial charge on any atom is 0.329 e. The van der Waals surface area contributed by atoms with E-state index in [0.29, 0.717) is 5.95 Å². The largest absolute Gasteiger partial charge is 0.378 e. The summed E-state index contributed by atoms with van der Waals surface area (Å²) in [5.74, 6) is 2.96. The molecule has 0 amide bonds. The van der Waals surface area contributed by atoms with E-state index in [2.05, 4.69) is 15.3 Å². The van der Waals surface area contributed by atoms with Gasteiger partial charge in [-0.2, -0.15) is 4.98 Å². The van der Waals surface area contributed by atoms with Crippen molar-refractivity contribution in [2.75, 3.05) is 17.6 Å². The lowest BCUT2D eigenvalue weighted by Gasteiger charge is -2.21. The van der Waals surface area contributed by atoms with Crippen LogP contribution in [0.15, 0.2) is 6.20 Å². The van der Waals surface area contributed by atoms with Gasteiger partial charge in [-0.3, -0.25) is 10.1 Å². The lowest BCUT2D eigenvalue weighted by atomic mass is 9.86. The number of hydrogen-bond acceptors (Lipinski definition) is 6. The quantitative estimate of drug-likeness (QED) is 0.631. The van der Waals surface area contributed by atoms with Crippen LogP contribution >= 0.6 is 0 Å². The molecule has 20 heavy (non-hydrogen) atoms. The molecule has 2 fully saturated rings. The molecule has 108 valence electrons. The smallest absolute Gasteiger partial charge is 0.329 e. The van der Waals surface area contributed by atoms with Crippen LogP contribution < -0.4 is 11.1 Å². The van der Waals surface area contributed by atoms with E-state index in [9.17, 15) is 10.1 Å². The third-order valence-electron chi connectivity index (χ3n) is 4.68. The van der Waals surface area contributed by atoms with E-state index in [0.717, 1.165) is 36.9 Å². The van der Waals surface area contributed by atoms with Crippen molar-refractivity contribution in [1.29, 1.82) is 0 Å². The van der Waals surface area contributed by atoms with E-state index in [4.69, 9.17) is 5.73 Å². The molecule has 0 aliphatic heterocycles. The summed E-state index contributed by atoms with van der Waals surface area (Å²) >= 11 is 0. The van der Waals surface area contributed by atoms with Crippen LogP contribution in [0, 0.1) is 27.9 Å². The summed E-state index contributed by atoms with van der Waals surface area (Å²) in [6.07, 6.45) is 7.83. The van der Waals surface area contributed by atoms with E-state index in [-0.39, 0.29) is 11.5 Å². The van der Waals surface area contributed by atoms with Crippen LogP contribution in [0.25, 0.3) is 0 Å². The molecule has 7 heteroatoms. The summed E-state index contributed by atoms with van der Waals surface area (Å²) in [6, 6.07) is 0. The van der Waals surface area contributed by atoms with Crippen LogP contribution in [-0.2, 0) is 0 Å². The molecular formula is C13H19N5O2. The number of anilines is 2. The number of nitrogens with zero attached hydrogens (tertiary/aromatic N) is 3. The molecule has 0 radical (unpaired) electrons. The van der Waals surface area contributed by atoms with Crippen molar-refractivity contribution in [2.24, 2.45) is 17.8 Å². The summed E-state index contributed by atoms with van der Waals surface area (Å²) in [6.45, 7) is 0.797. The molecule has 2 bridgehead atoms. The number of nitro groups is 1. The third-order valence-corrected chi connectivity index (χ3v) is 4.68. The summed E-state index contributed by atoms with van der Waals surface area (Å²) in [4.78, 5) is 17.9. The van der Waals surface area contributed by atoms with Gasteiger partial charge in [0.1, 0.15) is 6.20 Å². The first kappa shape index (κ1) is 13.1. The second kappa shape index (κ2) is 5.22. The first-order valence-electron chi connectivity index (χ1n) is 7.14. The molecule has 0 aromatic carbocycles. The second-order valence-corrected chi connectivity index (χ2v) is 5.87. The Kier molecular flexibility index (Phi) is 3.42. The lowest BCUT2D eigenvalue weighted by molar-refractivity contribution is -0.384. The molecule has 0 spiro atoms. The van der Waals surface area contributed by atoms with Crippen molar-refractivity contribution in [3.05, 3.63) is 16.3 Å². The van der Waals surface area contributed by atoms with Gasteiger partial charge < -0.3 is 11.1 Å². The van der Waals surface area contributed by atoms with Gasteiger partial charge in [-0.05, 0) is 43.4 Å². The number of nitrogens with one attached hydrogen (secondary N) is 1. The second-order valence-electron chi connectivity index (χ2n) is 5.87. The number of hydrogen-bond donors (Lipinski definition) is 2. The van der Waals surface area contributed by atoms with Gasteiger partial charge in [-0.1, -0.05) is 6.42 Å². The highest BCUT2D eigenvalue weighted by Crippen LogP contribution is 2.49. The van der Waals surface area contributed by atoms with Crippen LogP contribution in [0.5, 0.6) is 0 Å². The molecule has 3 N–H and O–H groups in total. The maximum absolute atomic E-state index is 10.6. The Balaban J connectivity index is 1.51. The molecule has 2 aliphatic carbocycles. The zero-order valence-corrected chi connectivity index (χ0v) is 11.3. The Bertz CT molecular complexity index is 521. The Morgan fingerprint density at radius 1 is 1.45 bits per heavy atom. The molecular weight excluding hydrogens is 258 g/mol. The molecule has 2 aliphatic rings. The maximum atomic E-state index is 10.6. The van der Waals surface area contributed by atoms with Gasteiger partial charge in [0.25, 0.3) is 0 Å². The van der Waals surface area contributed by atoms with E-state index in [1.54, 1.807) is 0 Å². The average molecular weight is 277 g/mol. The topological polar surface area (TPSA) is 107 Å². The van der Waals surface area contributed by atoms with Crippen LogP contribution in [0.4, 0.5) is 17.5 Å². The highest BCUT2D eigenvalue weighted by atomic mass is 16.6. The van der Waals surface area contributed by atoms with E-state index < -0.39 is 4.92 Å². The van der Waals surface area contributed by atoms with Gasteiger partial charge in [-0.25, -0.2) is 4.98 Å². The predicted octanol–water partition coefficient (Wildman–Crippen LogP) is 2.21. The molecule has 0 unspecified atom stereocenters. The van der Waals surface area contributed by atoms with Crippen LogP contribution in [0.2, 0.25) is 0 Å². The number of fused-ring (bicyclic) bond motifs is 2.